The van der Waals surface area contributed by atoms with Crippen LogP contribution in [0, 0.1) is 6.92 Å². The second-order valence-electron chi connectivity index (χ2n) is 9.29. The molecule has 3 aromatic rings. The molecule has 0 bridgehead atoms. The number of nitrogens with one attached hydrogen (secondary N) is 1. The van der Waals surface area contributed by atoms with Gasteiger partial charge in [0.1, 0.15) is 5.82 Å². The van der Waals surface area contributed by atoms with Crippen LogP contribution in [0.2, 0.25) is 0 Å². The summed E-state index contributed by atoms with van der Waals surface area (Å²) in [5, 5.41) is 9.07. The topological polar surface area (TPSA) is 62.5 Å². The van der Waals surface area contributed by atoms with E-state index in [0.29, 0.717) is 5.56 Å². The Morgan fingerprint density at radius 3 is 2.31 bits per heavy atom. The van der Waals surface area contributed by atoms with E-state index in [2.05, 4.69) is 48.3 Å². The van der Waals surface area contributed by atoms with Crippen molar-refractivity contribution in [2.45, 2.75) is 46.0 Å². The minimum absolute atomic E-state index is 0.0512. The molecule has 1 N–H and O–H groups in total. The second-order valence-corrected chi connectivity index (χ2v) is 9.29. The van der Waals surface area contributed by atoms with Crippen LogP contribution in [-0.2, 0) is 5.41 Å². The highest BCUT2D eigenvalue weighted by Crippen LogP contribution is 2.29. The van der Waals surface area contributed by atoms with Crippen LogP contribution in [0.1, 0.15) is 60.8 Å². The minimum atomic E-state index is -0.225. The fraction of sp³-hybridized carbons (Fsp3) is 0.346. The number of rotatable bonds is 5. The normalized spacial score (nSPS) is 14.3. The molecule has 6 nitrogen and oxygen atoms in total. The lowest BCUT2D eigenvalue weighted by atomic mass is 9.87. The van der Waals surface area contributed by atoms with Crippen LogP contribution >= 0.6 is 0 Å². The first-order valence-electron chi connectivity index (χ1n) is 11.2. The molecule has 1 aromatic heterocycles. The molecular formula is C26H31N5O. The standard InChI is InChI=1S/C26H31N5O/c1-19-23(18-27-28-24(32)20-12-14-21(15-13-20)26(2,3)4)25(30-16-8-9-17-30)31(29-19)22-10-6-5-7-11-22/h5-7,10-15,18H,8-9,16-17H2,1-4H3,(H,28,32)/b27-18-. The van der Waals surface area contributed by atoms with E-state index in [-0.39, 0.29) is 11.3 Å². The highest BCUT2D eigenvalue weighted by atomic mass is 16.2. The molecule has 1 saturated heterocycles. The molecule has 1 fully saturated rings. The summed E-state index contributed by atoms with van der Waals surface area (Å²) in [6.45, 7) is 10.4. The zero-order chi connectivity index (χ0) is 22.7. The van der Waals surface area contributed by atoms with Gasteiger partial charge in [-0.25, -0.2) is 10.1 Å². The summed E-state index contributed by atoms with van der Waals surface area (Å²) in [4.78, 5) is 14.9. The predicted octanol–water partition coefficient (Wildman–Crippen LogP) is 4.84. The van der Waals surface area contributed by atoms with Gasteiger partial charge in [0.15, 0.2) is 0 Å². The monoisotopic (exact) mass is 429 g/mol. The van der Waals surface area contributed by atoms with Gasteiger partial charge in [-0.05, 0) is 55.0 Å². The van der Waals surface area contributed by atoms with Crippen molar-refractivity contribution in [3.05, 3.63) is 77.0 Å². The Labute approximate surface area is 189 Å². The van der Waals surface area contributed by atoms with Crippen LogP contribution in [0.4, 0.5) is 5.82 Å². The number of aromatic nitrogens is 2. The third-order valence-corrected chi connectivity index (χ3v) is 5.86. The quantitative estimate of drug-likeness (QED) is 0.466. The number of carbonyl (C=O) groups is 1. The average molecular weight is 430 g/mol. The molecule has 1 amide bonds. The second kappa shape index (κ2) is 8.99. The number of hydrogen-bond donors (Lipinski definition) is 1. The molecule has 1 aliphatic rings. The number of benzene rings is 2. The van der Waals surface area contributed by atoms with Crippen LogP contribution in [0.3, 0.4) is 0 Å². The van der Waals surface area contributed by atoms with Gasteiger partial charge in [0.2, 0.25) is 0 Å². The van der Waals surface area contributed by atoms with E-state index < -0.39 is 0 Å². The van der Waals surface area contributed by atoms with Gasteiger partial charge in [-0.15, -0.1) is 0 Å². The Morgan fingerprint density at radius 1 is 1.03 bits per heavy atom. The summed E-state index contributed by atoms with van der Waals surface area (Å²) in [7, 11) is 0. The van der Waals surface area contributed by atoms with Gasteiger partial charge < -0.3 is 4.90 Å². The maximum absolute atomic E-state index is 12.6. The smallest absolute Gasteiger partial charge is 0.271 e. The Morgan fingerprint density at radius 2 is 1.69 bits per heavy atom. The molecule has 1 aliphatic heterocycles. The summed E-state index contributed by atoms with van der Waals surface area (Å²) in [6, 6.07) is 17.8. The van der Waals surface area contributed by atoms with Crippen LogP contribution < -0.4 is 10.3 Å². The molecule has 2 aromatic carbocycles. The molecule has 0 saturated carbocycles. The number of hydrogen-bond acceptors (Lipinski definition) is 4. The zero-order valence-electron chi connectivity index (χ0n) is 19.3. The zero-order valence-corrected chi connectivity index (χ0v) is 19.3. The van der Waals surface area contributed by atoms with Crippen molar-refractivity contribution >= 4 is 17.9 Å². The molecule has 0 unspecified atom stereocenters. The Balaban J connectivity index is 1.57. The number of carbonyl (C=O) groups excluding carboxylic acids is 1. The first-order chi connectivity index (χ1) is 15.3. The van der Waals surface area contributed by atoms with Crippen molar-refractivity contribution < 1.29 is 4.79 Å². The predicted molar refractivity (Wildman–Crippen MR) is 130 cm³/mol. The third-order valence-electron chi connectivity index (χ3n) is 5.86. The molecule has 0 radical (unpaired) electrons. The lowest BCUT2D eigenvalue weighted by Crippen LogP contribution is -2.23. The van der Waals surface area contributed by atoms with E-state index in [1.165, 1.54) is 5.56 Å². The summed E-state index contributed by atoms with van der Waals surface area (Å²) in [5.74, 6) is 0.802. The van der Waals surface area contributed by atoms with Crippen molar-refractivity contribution in [1.29, 1.82) is 0 Å². The number of anilines is 1. The number of hydrazone groups is 1. The summed E-state index contributed by atoms with van der Waals surface area (Å²) in [5.41, 5.74) is 7.33. The molecule has 2 heterocycles. The van der Waals surface area contributed by atoms with Crippen molar-refractivity contribution in [1.82, 2.24) is 15.2 Å². The highest BCUT2D eigenvalue weighted by Gasteiger charge is 2.23. The van der Waals surface area contributed by atoms with Crippen molar-refractivity contribution in [2.24, 2.45) is 5.10 Å². The van der Waals surface area contributed by atoms with E-state index in [4.69, 9.17) is 5.10 Å². The maximum atomic E-state index is 12.6. The molecule has 0 atom stereocenters. The SMILES string of the molecule is Cc1nn(-c2ccccc2)c(N2CCCC2)c1/C=N\NC(=O)c1ccc(C(C)(C)C)cc1. The molecule has 0 aliphatic carbocycles. The molecule has 0 spiro atoms. The van der Waals surface area contributed by atoms with E-state index in [1.54, 1.807) is 6.21 Å². The Hall–Kier alpha value is -3.41. The van der Waals surface area contributed by atoms with Gasteiger partial charge in [0.05, 0.1) is 23.2 Å². The fourth-order valence-electron chi connectivity index (χ4n) is 4.00. The number of para-hydroxylation sites is 1. The molecule has 166 valence electrons. The van der Waals surface area contributed by atoms with Crippen LogP contribution in [0.25, 0.3) is 5.69 Å². The van der Waals surface area contributed by atoms with Crippen molar-refractivity contribution in [3.8, 4) is 5.69 Å². The molecular weight excluding hydrogens is 398 g/mol. The first kappa shape index (κ1) is 21.8. The lowest BCUT2D eigenvalue weighted by Gasteiger charge is -2.20. The van der Waals surface area contributed by atoms with E-state index in [0.717, 1.165) is 48.7 Å². The molecule has 4 rings (SSSR count). The largest absolute Gasteiger partial charge is 0.356 e. The van der Waals surface area contributed by atoms with E-state index >= 15 is 0 Å². The lowest BCUT2D eigenvalue weighted by molar-refractivity contribution is 0.0955. The van der Waals surface area contributed by atoms with Gasteiger partial charge in [-0.1, -0.05) is 51.1 Å². The van der Waals surface area contributed by atoms with Crippen LogP contribution in [-0.4, -0.2) is 35.0 Å². The van der Waals surface area contributed by atoms with Crippen molar-refractivity contribution in [3.63, 3.8) is 0 Å². The summed E-state index contributed by atoms with van der Waals surface area (Å²) in [6.07, 6.45) is 4.05. The summed E-state index contributed by atoms with van der Waals surface area (Å²) >= 11 is 0. The van der Waals surface area contributed by atoms with Crippen molar-refractivity contribution in [2.75, 3.05) is 18.0 Å². The van der Waals surface area contributed by atoms with E-state index in [9.17, 15) is 4.79 Å². The van der Waals surface area contributed by atoms with Gasteiger partial charge in [0.25, 0.3) is 5.91 Å². The number of amides is 1. The van der Waals surface area contributed by atoms with Gasteiger partial charge in [0, 0.05) is 18.7 Å². The summed E-state index contributed by atoms with van der Waals surface area (Å²) < 4.78 is 1.98. The maximum Gasteiger partial charge on any atom is 0.271 e. The van der Waals surface area contributed by atoms with E-state index in [1.807, 2.05) is 54.1 Å². The highest BCUT2D eigenvalue weighted by molar-refractivity contribution is 5.95. The van der Waals surface area contributed by atoms with Gasteiger partial charge in [-0.3, -0.25) is 4.79 Å². The first-order valence-corrected chi connectivity index (χ1v) is 11.2. The van der Waals surface area contributed by atoms with Gasteiger partial charge in [-0.2, -0.15) is 10.2 Å². The Kier molecular flexibility index (Phi) is 6.12. The number of aryl methyl sites for hydroxylation is 1. The Bertz CT molecular complexity index is 1100. The minimum Gasteiger partial charge on any atom is -0.356 e. The fourth-order valence-corrected chi connectivity index (χ4v) is 4.00. The third kappa shape index (κ3) is 4.59. The van der Waals surface area contributed by atoms with Gasteiger partial charge >= 0.3 is 0 Å². The van der Waals surface area contributed by atoms with Crippen LogP contribution in [0.5, 0.6) is 0 Å². The number of nitrogens with zero attached hydrogens (tertiary/aromatic N) is 4. The van der Waals surface area contributed by atoms with Crippen LogP contribution in [0.15, 0.2) is 59.7 Å². The average Bonchev–Trinajstić information content (AvgIpc) is 3.42. The molecule has 32 heavy (non-hydrogen) atoms. The molecule has 6 heteroatoms.